The Bertz CT molecular complexity index is 348. The maximum Gasteiger partial charge on any atom is 0.243 e. The molecule has 15 heavy (non-hydrogen) atoms. The van der Waals surface area contributed by atoms with E-state index in [2.05, 4.69) is 15.5 Å². The molecule has 2 aliphatic rings. The van der Waals surface area contributed by atoms with Gasteiger partial charge in [-0.25, -0.2) is 0 Å². The number of rotatable bonds is 3. The molecule has 1 saturated heterocycles. The summed E-state index contributed by atoms with van der Waals surface area (Å²) in [6.45, 7) is 0.616. The largest absolute Gasteiger partial charge is 0.392 e. The van der Waals surface area contributed by atoms with Gasteiger partial charge in [-0.2, -0.15) is 4.98 Å². The van der Waals surface area contributed by atoms with Crippen LogP contribution >= 0.6 is 0 Å². The average molecular weight is 209 g/mol. The van der Waals surface area contributed by atoms with Crippen molar-refractivity contribution in [1.29, 1.82) is 0 Å². The van der Waals surface area contributed by atoms with Crippen molar-refractivity contribution in [2.45, 2.75) is 37.8 Å². The predicted octanol–water partition coefficient (Wildman–Crippen LogP) is 0.417. The van der Waals surface area contributed by atoms with Gasteiger partial charge in [-0.3, -0.25) is 0 Å². The summed E-state index contributed by atoms with van der Waals surface area (Å²) in [6.07, 6.45) is 3.92. The SMILES string of the molecule is OC1CNC(c2nc(CC3CC3)no2)C1. The van der Waals surface area contributed by atoms with Crippen LogP contribution in [0.3, 0.4) is 0 Å². The molecule has 0 radical (unpaired) electrons. The van der Waals surface area contributed by atoms with Gasteiger partial charge in [-0.05, 0) is 25.2 Å². The lowest BCUT2D eigenvalue weighted by Crippen LogP contribution is -2.15. The molecule has 0 bridgehead atoms. The standard InChI is InChI=1S/C10H15N3O2/c14-7-4-8(11-5-7)10-12-9(13-15-10)3-6-1-2-6/h6-8,11,14H,1-5H2. The molecule has 82 valence electrons. The maximum atomic E-state index is 9.37. The third-order valence-corrected chi connectivity index (χ3v) is 3.06. The van der Waals surface area contributed by atoms with Crippen molar-refractivity contribution in [2.75, 3.05) is 6.54 Å². The first kappa shape index (κ1) is 9.30. The van der Waals surface area contributed by atoms with Gasteiger partial charge in [0.15, 0.2) is 5.82 Å². The summed E-state index contributed by atoms with van der Waals surface area (Å²) in [5, 5.41) is 16.5. The summed E-state index contributed by atoms with van der Waals surface area (Å²) in [6, 6.07) is 0.0421. The van der Waals surface area contributed by atoms with E-state index in [1.165, 1.54) is 12.8 Å². The van der Waals surface area contributed by atoms with Crippen LogP contribution in [0.15, 0.2) is 4.52 Å². The van der Waals surface area contributed by atoms with Crippen LogP contribution in [-0.4, -0.2) is 27.9 Å². The second-order valence-corrected chi connectivity index (χ2v) is 4.55. The van der Waals surface area contributed by atoms with Crippen molar-refractivity contribution in [3.05, 3.63) is 11.7 Å². The Hall–Kier alpha value is -0.940. The van der Waals surface area contributed by atoms with Crippen LogP contribution < -0.4 is 5.32 Å². The summed E-state index contributed by atoms with van der Waals surface area (Å²) < 4.78 is 5.19. The lowest BCUT2D eigenvalue weighted by Gasteiger charge is -2.01. The molecule has 0 amide bonds. The predicted molar refractivity (Wildman–Crippen MR) is 52.1 cm³/mol. The smallest absolute Gasteiger partial charge is 0.243 e. The van der Waals surface area contributed by atoms with Crippen molar-refractivity contribution in [3.8, 4) is 0 Å². The zero-order valence-electron chi connectivity index (χ0n) is 8.52. The van der Waals surface area contributed by atoms with Crippen LogP contribution in [0.25, 0.3) is 0 Å². The topological polar surface area (TPSA) is 71.2 Å². The second-order valence-electron chi connectivity index (χ2n) is 4.55. The second kappa shape index (κ2) is 3.57. The molecule has 2 fully saturated rings. The third kappa shape index (κ3) is 2.03. The van der Waals surface area contributed by atoms with Crippen LogP contribution in [0.5, 0.6) is 0 Å². The van der Waals surface area contributed by atoms with E-state index in [1.807, 2.05) is 0 Å². The molecule has 0 spiro atoms. The van der Waals surface area contributed by atoms with E-state index >= 15 is 0 Å². The van der Waals surface area contributed by atoms with E-state index in [4.69, 9.17) is 4.52 Å². The lowest BCUT2D eigenvalue weighted by molar-refractivity contribution is 0.191. The number of aliphatic hydroxyl groups excluding tert-OH is 1. The molecule has 2 atom stereocenters. The van der Waals surface area contributed by atoms with Crippen molar-refractivity contribution in [1.82, 2.24) is 15.5 Å². The number of nitrogens with zero attached hydrogens (tertiary/aromatic N) is 2. The van der Waals surface area contributed by atoms with Gasteiger partial charge in [0.1, 0.15) is 0 Å². The van der Waals surface area contributed by atoms with E-state index in [-0.39, 0.29) is 12.1 Å². The highest BCUT2D eigenvalue weighted by atomic mass is 16.5. The summed E-state index contributed by atoms with van der Waals surface area (Å²) in [7, 11) is 0. The first-order valence-electron chi connectivity index (χ1n) is 5.55. The third-order valence-electron chi connectivity index (χ3n) is 3.06. The Morgan fingerprint density at radius 2 is 2.33 bits per heavy atom. The first-order chi connectivity index (χ1) is 7.31. The molecule has 1 aromatic heterocycles. The van der Waals surface area contributed by atoms with E-state index in [0.717, 1.165) is 18.2 Å². The summed E-state index contributed by atoms with van der Waals surface area (Å²) in [5.41, 5.74) is 0. The van der Waals surface area contributed by atoms with Gasteiger partial charge < -0.3 is 14.9 Å². The fourth-order valence-electron chi connectivity index (χ4n) is 1.98. The molecular weight excluding hydrogens is 194 g/mol. The van der Waals surface area contributed by atoms with Crippen LogP contribution in [0, 0.1) is 5.92 Å². The van der Waals surface area contributed by atoms with Crippen molar-refractivity contribution < 1.29 is 9.63 Å². The molecule has 1 aliphatic heterocycles. The Morgan fingerprint density at radius 1 is 1.47 bits per heavy atom. The number of hydrogen-bond acceptors (Lipinski definition) is 5. The molecule has 2 N–H and O–H groups in total. The average Bonchev–Trinajstić information content (AvgIpc) is 2.74. The molecule has 5 nitrogen and oxygen atoms in total. The highest BCUT2D eigenvalue weighted by Gasteiger charge is 2.29. The van der Waals surface area contributed by atoms with E-state index in [0.29, 0.717) is 18.9 Å². The first-order valence-corrected chi connectivity index (χ1v) is 5.55. The molecule has 1 aliphatic carbocycles. The molecule has 0 aromatic carbocycles. The number of aromatic nitrogens is 2. The highest BCUT2D eigenvalue weighted by Crippen LogP contribution is 2.32. The fraction of sp³-hybridized carbons (Fsp3) is 0.800. The minimum Gasteiger partial charge on any atom is -0.392 e. The summed E-state index contributed by atoms with van der Waals surface area (Å²) in [4.78, 5) is 4.36. The number of hydrogen-bond donors (Lipinski definition) is 2. The van der Waals surface area contributed by atoms with Gasteiger partial charge in [-0.15, -0.1) is 0 Å². The number of β-amino-alcohol motifs (C(OH)–C–C–N with tert-alkyl or cyclic N) is 1. The van der Waals surface area contributed by atoms with Crippen molar-refractivity contribution >= 4 is 0 Å². The van der Waals surface area contributed by atoms with Crippen LogP contribution in [0.2, 0.25) is 0 Å². The Morgan fingerprint density at radius 3 is 3.00 bits per heavy atom. The molecule has 1 saturated carbocycles. The number of nitrogens with one attached hydrogen (secondary N) is 1. The van der Waals surface area contributed by atoms with Gasteiger partial charge in [0, 0.05) is 13.0 Å². The van der Waals surface area contributed by atoms with Crippen LogP contribution in [-0.2, 0) is 6.42 Å². The maximum absolute atomic E-state index is 9.37. The molecule has 5 heteroatoms. The van der Waals surface area contributed by atoms with Crippen LogP contribution in [0.4, 0.5) is 0 Å². The van der Waals surface area contributed by atoms with Crippen LogP contribution in [0.1, 0.15) is 37.0 Å². The van der Waals surface area contributed by atoms with Gasteiger partial charge >= 0.3 is 0 Å². The minimum atomic E-state index is -0.284. The summed E-state index contributed by atoms with van der Waals surface area (Å²) >= 11 is 0. The normalized spacial score (nSPS) is 31.0. The Kier molecular flexibility index (Phi) is 2.21. The van der Waals surface area contributed by atoms with Gasteiger partial charge in [0.25, 0.3) is 0 Å². The minimum absolute atomic E-state index is 0.0421. The molecular formula is C10H15N3O2. The van der Waals surface area contributed by atoms with E-state index in [9.17, 15) is 5.11 Å². The zero-order valence-corrected chi connectivity index (χ0v) is 8.52. The zero-order chi connectivity index (χ0) is 10.3. The van der Waals surface area contributed by atoms with E-state index in [1.54, 1.807) is 0 Å². The molecule has 2 heterocycles. The van der Waals surface area contributed by atoms with Gasteiger partial charge in [0.2, 0.25) is 5.89 Å². The van der Waals surface area contributed by atoms with Crippen molar-refractivity contribution in [3.63, 3.8) is 0 Å². The Balaban J connectivity index is 1.66. The van der Waals surface area contributed by atoms with Gasteiger partial charge in [0.05, 0.1) is 12.1 Å². The fourth-order valence-corrected chi connectivity index (χ4v) is 1.98. The van der Waals surface area contributed by atoms with Gasteiger partial charge in [-0.1, -0.05) is 5.16 Å². The number of aliphatic hydroxyl groups is 1. The van der Waals surface area contributed by atoms with E-state index < -0.39 is 0 Å². The quantitative estimate of drug-likeness (QED) is 0.754. The summed E-state index contributed by atoms with van der Waals surface area (Å²) in [5.74, 6) is 2.22. The monoisotopic (exact) mass is 209 g/mol. The molecule has 2 unspecified atom stereocenters. The lowest BCUT2D eigenvalue weighted by atomic mass is 10.2. The molecule has 3 rings (SSSR count). The van der Waals surface area contributed by atoms with Crippen molar-refractivity contribution in [2.24, 2.45) is 5.92 Å². The Labute approximate surface area is 87.9 Å². The highest BCUT2D eigenvalue weighted by molar-refractivity contribution is 4.99. The molecule has 1 aromatic rings.